The molecule has 0 radical (unpaired) electrons. The van der Waals surface area contributed by atoms with E-state index in [4.69, 9.17) is 0 Å². The number of pyridine rings is 1. The molecule has 0 saturated carbocycles. The molecule has 188 valence electrons. The van der Waals surface area contributed by atoms with Crippen LogP contribution in [-0.2, 0) is 11.0 Å². The molecule has 2 saturated heterocycles. The summed E-state index contributed by atoms with van der Waals surface area (Å²) in [6, 6.07) is 10.5. The number of anilines is 3. The molecule has 1 spiro atoms. The van der Waals surface area contributed by atoms with E-state index in [9.17, 15) is 18.0 Å². The number of nitrogens with one attached hydrogen (secondary N) is 2. The maximum absolute atomic E-state index is 13.0. The van der Waals surface area contributed by atoms with Crippen LogP contribution < -0.4 is 15.5 Å². The average molecular weight is 497 g/mol. The fourth-order valence-electron chi connectivity index (χ4n) is 5.02. The molecule has 0 aliphatic carbocycles. The molecule has 1 amide bonds. The zero-order valence-electron chi connectivity index (χ0n) is 19.9. The van der Waals surface area contributed by atoms with Gasteiger partial charge in [-0.3, -0.25) is 4.79 Å². The van der Waals surface area contributed by atoms with Gasteiger partial charge in [-0.05, 0) is 74.1 Å². The summed E-state index contributed by atoms with van der Waals surface area (Å²) < 4.78 is 39.0. The number of aryl methyl sites for hydroxylation is 1. The number of halogens is 3. The molecular weight excluding hydrogens is 469 g/mol. The highest BCUT2D eigenvalue weighted by atomic mass is 19.4. The van der Waals surface area contributed by atoms with Crippen molar-refractivity contribution in [2.75, 3.05) is 23.3 Å². The van der Waals surface area contributed by atoms with Gasteiger partial charge in [-0.15, -0.1) is 0 Å². The van der Waals surface area contributed by atoms with Crippen LogP contribution >= 0.6 is 0 Å². The predicted molar refractivity (Wildman–Crippen MR) is 131 cm³/mol. The number of amides is 1. The highest BCUT2D eigenvalue weighted by Gasteiger charge is 2.38. The minimum absolute atomic E-state index is 0.0694. The van der Waals surface area contributed by atoms with Crippen molar-refractivity contribution in [3.05, 3.63) is 60.0 Å². The van der Waals surface area contributed by atoms with Gasteiger partial charge in [0.1, 0.15) is 11.5 Å². The number of carbonyl (C=O) groups is 1. The van der Waals surface area contributed by atoms with E-state index < -0.39 is 11.9 Å². The molecule has 1 aromatic carbocycles. The normalized spacial score (nSPS) is 17.7. The maximum atomic E-state index is 13.0. The van der Waals surface area contributed by atoms with E-state index in [1.807, 2.05) is 37.3 Å². The standard InChI is InChI=1S/C26H27F3N6O/c1-17-13-19(15-20(14-17)32-24-30-10-6-21(33-24)26(27,28)29)18-4-5-22(31-16-18)35-11-8-25(9-12-35)7-2-3-23(36)34-25/h4-6,10,13-16H,2-3,7-9,11-12H2,1H3,(H,34,36)(H,30,32,33). The molecule has 0 atom stereocenters. The Morgan fingerprint density at radius 1 is 1.03 bits per heavy atom. The molecule has 2 N–H and O–H groups in total. The Bertz CT molecular complexity index is 1250. The van der Waals surface area contributed by atoms with Gasteiger partial charge in [0, 0.05) is 48.7 Å². The van der Waals surface area contributed by atoms with Crippen LogP contribution in [0.25, 0.3) is 11.1 Å². The van der Waals surface area contributed by atoms with Crippen molar-refractivity contribution in [3.63, 3.8) is 0 Å². The van der Waals surface area contributed by atoms with Gasteiger partial charge in [0.2, 0.25) is 11.9 Å². The quantitative estimate of drug-likeness (QED) is 0.514. The lowest BCUT2D eigenvalue weighted by atomic mass is 9.80. The Labute approximate surface area is 207 Å². The molecule has 2 fully saturated rings. The molecule has 4 heterocycles. The molecule has 0 bridgehead atoms. The van der Waals surface area contributed by atoms with Crippen LogP contribution in [0, 0.1) is 6.92 Å². The summed E-state index contributed by atoms with van der Waals surface area (Å²) in [5.41, 5.74) is 2.22. The molecule has 36 heavy (non-hydrogen) atoms. The Morgan fingerprint density at radius 3 is 2.53 bits per heavy atom. The molecule has 10 heteroatoms. The van der Waals surface area contributed by atoms with Crippen LogP contribution in [0.2, 0.25) is 0 Å². The molecule has 5 rings (SSSR count). The number of rotatable bonds is 4. The van der Waals surface area contributed by atoms with Crippen LogP contribution in [0.5, 0.6) is 0 Å². The van der Waals surface area contributed by atoms with Crippen molar-refractivity contribution in [2.24, 2.45) is 0 Å². The van der Waals surface area contributed by atoms with E-state index in [0.717, 1.165) is 73.5 Å². The monoisotopic (exact) mass is 496 g/mol. The second kappa shape index (κ2) is 9.40. The Hall–Kier alpha value is -3.69. The van der Waals surface area contributed by atoms with E-state index in [2.05, 4.69) is 30.5 Å². The molecule has 2 aliphatic heterocycles. The lowest BCUT2D eigenvalue weighted by Gasteiger charge is -2.45. The third kappa shape index (κ3) is 5.27. The second-order valence-corrected chi connectivity index (χ2v) is 9.55. The van der Waals surface area contributed by atoms with Crippen molar-refractivity contribution in [3.8, 4) is 11.1 Å². The predicted octanol–water partition coefficient (Wildman–Crippen LogP) is 5.25. The lowest BCUT2D eigenvalue weighted by molar-refractivity contribution is -0.141. The lowest BCUT2D eigenvalue weighted by Crippen LogP contribution is -2.57. The van der Waals surface area contributed by atoms with Gasteiger partial charge in [-0.2, -0.15) is 13.2 Å². The third-order valence-corrected chi connectivity index (χ3v) is 6.87. The highest BCUT2D eigenvalue weighted by Crippen LogP contribution is 2.33. The van der Waals surface area contributed by atoms with Gasteiger partial charge in [-0.1, -0.05) is 6.07 Å². The third-order valence-electron chi connectivity index (χ3n) is 6.87. The molecule has 7 nitrogen and oxygen atoms in total. The van der Waals surface area contributed by atoms with E-state index >= 15 is 0 Å². The Kier molecular flexibility index (Phi) is 6.27. The SMILES string of the molecule is Cc1cc(Nc2nccc(C(F)(F)F)n2)cc(-c2ccc(N3CCC4(CCCC(=O)N4)CC3)nc2)c1. The smallest absolute Gasteiger partial charge is 0.356 e. The largest absolute Gasteiger partial charge is 0.433 e. The minimum atomic E-state index is -4.54. The summed E-state index contributed by atoms with van der Waals surface area (Å²) in [7, 11) is 0. The number of aromatic nitrogens is 3. The number of nitrogens with zero attached hydrogens (tertiary/aromatic N) is 4. The number of piperidine rings is 2. The van der Waals surface area contributed by atoms with Crippen LogP contribution in [0.3, 0.4) is 0 Å². The van der Waals surface area contributed by atoms with Gasteiger partial charge < -0.3 is 15.5 Å². The zero-order chi connectivity index (χ0) is 25.3. The number of hydrogen-bond donors (Lipinski definition) is 2. The van der Waals surface area contributed by atoms with Crippen molar-refractivity contribution >= 4 is 23.4 Å². The second-order valence-electron chi connectivity index (χ2n) is 9.55. The maximum Gasteiger partial charge on any atom is 0.433 e. The number of benzene rings is 1. The topological polar surface area (TPSA) is 83.0 Å². The fraction of sp³-hybridized carbons (Fsp3) is 0.385. The van der Waals surface area contributed by atoms with Crippen LogP contribution in [0.4, 0.5) is 30.6 Å². The molecule has 3 aromatic rings. The summed E-state index contributed by atoms with van der Waals surface area (Å²) in [5.74, 6) is 0.926. The number of hydrogen-bond acceptors (Lipinski definition) is 6. The molecular formula is C26H27F3N6O. The van der Waals surface area contributed by atoms with Crippen molar-refractivity contribution in [2.45, 2.75) is 50.7 Å². The first kappa shape index (κ1) is 24.0. The van der Waals surface area contributed by atoms with E-state index in [0.29, 0.717) is 12.1 Å². The molecule has 0 unspecified atom stereocenters. The summed E-state index contributed by atoms with van der Waals surface area (Å²) in [6.45, 7) is 3.58. The highest BCUT2D eigenvalue weighted by molar-refractivity contribution is 5.77. The first-order valence-corrected chi connectivity index (χ1v) is 12.0. The number of carbonyl (C=O) groups excluding carboxylic acids is 1. The van der Waals surface area contributed by atoms with E-state index in [-0.39, 0.29) is 17.4 Å². The number of alkyl halides is 3. The van der Waals surface area contributed by atoms with Gasteiger partial charge in [0.15, 0.2) is 0 Å². The first-order valence-electron chi connectivity index (χ1n) is 12.0. The summed E-state index contributed by atoms with van der Waals surface area (Å²) in [6.07, 6.45) is 2.78. The average Bonchev–Trinajstić information content (AvgIpc) is 2.84. The zero-order valence-corrected chi connectivity index (χ0v) is 19.9. The Balaban J connectivity index is 1.29. The van der Waals surface area contributed by atoms with Crippen molar-refractivity contribution < 1.29 is 18.0 Å². The van der Waals surface area contributed by atoms with Gasteiger partial charge in [0.25, 0.3) is 0 Å². The summed E-state index contributed by atoms with van der Waals surface area (Å²) in [4.78, 5) is 26.3. The van der Waals surface area contributed by atoms with Gasteiger partial charge in [-0.25, -0.2) is 15.0 Å². The molecule has 2 aromatic heterocycles. The van der Waals surface area contributed by atoms with Crippen LogP contribution in [0.15, 0.2) is 48.8 Å². The Morgan fingerprint density at radius 2 is 1.83 bits per heavy atom. The first-order chi connectivity index (χ1) is 17.2. The summed E-state index contributed by atoms with van der Waals surface area (Å²) in [5, 5.41) is 6.10. The van der Waals surface area contributed by atoms with Crippen molar-refractivity contribution in [1.29, 1.82) is 0 Å². The molecule has 2 aliphatic rings. The van der Waals surface area contributed by atoms with Crippen molar-refractivity contribution in [1.82, 2.24) is 20.3 Å². The minimum Gasteiger partial charge on any atom is -0.356 e. The van der Waals surface area contributed by atoms with Crippen LogP contribution in [0.1, 0.15) is 43.4 Å². The van der Waals surface area contributed by atoms with E-state index in [1.165, 1.54) is 0 Å². The summed E-state index contributed by atoms with van der Waals surface area (Å²) >= 11 is 0. The van der Waals surface area contributed by atoms with Gasteiger partial charge >= 0.3 is 6.18 Å². The van der Waals surface area contributed by atoms with Crippen LogP contribution in [-0.4, -0.2) is 39.5 Å². The van der Waals surface area contributed by atoms with Gasteiger partial charge in [0.05, 0.1) is 0 Å². The van der Waals surface area contributed by atoms with E-state index in [1.54, 1.807) is 6.20 Å². The fourth-order valence-corrected chi connectivity index (χ4v) is 5.02.